The molecule has 7 heteroatoms. The summed E-state index contributed by atoms with van der Waals surface area (Å²) in [5, 5.41) is 16.5. The van der Waals surface area contributed by atoms with Gasteiger partial charge < -0.3 is 4.74 Å². The van der Waals surface area contributed by atoms with Crippen molar-refractivity contribution in [3.05, 3.63) is 64.2 Å². The van der Waals surface area contributed by atoms with E-state index in [9.17, 15) is 10.1 Å². The third kappa shape index (κ3) is 4.92. The molecule has 0 N–H and O–H groups in total. The summed E-state index contributed by atoms with van der Waals surface area (Å²) < 4.78 is 7.84. The average Bonchev–Trinajstić information content (AvgIpc) is 3.04. The molecule has 3 rings (SSSR count). The minimum absolute atomic E-state index is 0.0348. The lowest BCUT2D eigenvalue weighted by atomic mass is 10.2. The van der Waals surface area contributed by atoms with Gasteiger partial charge in [0.15, 0.2) is 0 Å². The molecule has 7 nitrogen and oxygen atoms in total. The number of aromatic nitrogens is 2. The molecule has 29 heavy (non-hydrogen) atoms. The second-order valence-corrected chi connectivity index (χ2v) is 7.69. The van der Waals surface area contributed by atoms with Crippen LogP contribution in [0.4, 0.5) is 5.69 Å². The number of ether oxygens (including phenoxy) is 1. The van der Waals surface area contributed by atoms with Crippen LogP contribution in [0.2, 0.25) is 0 Å². The lowest BCUT2D eigenvalue weighted by Gasteiger charge is -2.30. The van der Waals surface area contributed by atoms with E-state index in [4.69, 9.17) is 4.74 Å². The Morgan fingerprint density at radius 1 is 1.10 bits per heavy atom. The van der Waals surface area contributed by atoms with Crippen molar-refractivity contribution in [2.75, 3.05) is 6.54 Å². The second-order valence-electron chi connectivity index (χ2n) is 7.69. The van der Waals surface area contributed by atoms with E-state index in [1.165, 1.54) is 6.07 Å². The zero-order valence-corrected chi connectivity index (χ0v) is 17.4. The lowest BCUT2D eigenvalue weighted by molar-refractivity contribution is -0.384. The van der Waals surface area contributed by atoms with Crippen molar-refractivity contribution in [1.29, 1.82) is 0 Å². The molecule has 0 saturated carbocycles. The first kappa shape index (κ1) is 20.8. The zero-order valence-electron chi connectivity index (χ0n) is 17.4. The van der Waals surface area contributed by atoms with Crippen LogP contribution in [0, 0.1) is 10.1 Å². The number of fused-ring (bicyclic) bond motifs is 1. The van der Waals surface area contributed by atoms with Crippen molar-refractivity contribution in [3.8, 4) is 5.88 Å². The minimum atomic E-state index is -0.392. The highest BCUT2D eigenvalue weighted by Gasteiger charge is 2.18. The molecule has 0 radical (unpaired) electrons. The minimum Gasteiger partial charge on any atom is -0.471 e. The first-order valence-corrected chi connectivity index (χ1v) is 9.94. The van der Waals surface area contributed by atoms with E-state index in [2.05, 4.69) is 37.7 Å². The summed E-state index contributed by atoms with van der Waals surface area (Å²) >= 11 is 0. The maximum Gasteiger partial charge on any atom is 0.270 e. The number of hydrogen-bond acceptors (Lipinski definition) is 5. The molecule has 1 heterocycles. The van der Waals surface area contributed by atoms with Crippen molar-refractivity contribution >= 4 is 16.6 Å². The molecule has 3 aromatic rings. The van der Waals surface area contributed by atoms with Crippen LogP contribution in [0.3, 0.4) is 0 Å². The fourth-order valence-electron chi connectivity index (χ4n) is 3.58. The molecule has 0 saturated heterocycles. The van der Waals surface area contributed by atoms with Crippen LogP contribution < -0.4 is 4.74 Å². The normalized spacial score (nSPS) is 11.7. The van der Waals surface area contributed by atoms with E-state index < -0.39 is 4.92 Å². The molecule has 2 aromatic carbocycles. The van der Waals surface area contributed by atoms with Crippen molar-refractivity contribution in [2.24, 2.45) is 0 Å². The van der Waals surface area contributed by atoms with Crippen molar-refractivity contribution in [3.63, 3.8) is 0 Å². The van der Waals surface area contributed by atoms with E-state index in [1.54, 1.807) is 12.1 Å². The summed E-state index contributed by atoms with van der Waals surface area (Å²) in [5.74, 6) is 0.424. The molecule has 154 valence electrons. The molecule has 1 aromatic heterocycles. The molecule has 0 bridgehead atoms. The number of nitro groups is 1. The number of rotatable bonds is 9. The summed E-state index contributed by atoms with van der Waals surface area (Å²) in [7, 11) is 0. The Morgan fingerprint density at radius 2 is 1.79 bits per heavy atom. The second kappa shape index (κ2) is 9.05. The van der Waals surface area contributed by atoms with Gasteiger partial charge in [-0.25, -0.2) is 0 Å². The Labute approximate surface area is 171 Å². The van der Waals surface area contributed by atoms with Gasteiger partial charge >= 0.3 is 0 Å². The van der Waals surface area contributed by atoms with Crippen molar-refractivity contribution in [1.82, 2.24) is 14.7 Å². The van der Waals surface area contributed by atoms with Crippen molar-refractivity contribution in [2.45, 2.75) is 52.9 Å². The number of non-ortho nitro benzene ring substituents is 1. The topological polar surface area (TPSA) is 73.4 Å². The van der Waals surface area contributed by atoms with Crippen LogP contribution in [0.5, 0.6) is 5.88 Å². The van der Waals surface area contributed by atoms with Crippen LogP contribution in [-0.2, 0) is 13.2 Å². The van der Waals surface area contributed by atoms with E-state index in [0.29, 0.717) is 36.5 Å². The fraction of sp³-hybridized carbons (Fsp3) is 0.409. The van der Waals surface area contributed by atoms with Gasteiger partial charge in [-0.15, -0.1) is 5.10 Å². The summed E-state index contributed by atoms with van der Waals surface area (Å²) in [4.78, 5) is 13.2. The largest absolute Gasteiger partial charge is 0.471 e. The molecular formula is C22H28N4O3. The highest BCUT2D eigenvalue weighted by atomic mass is 16.6. The molecular weight excluding hydrogens is 368 g/mol. The zero-order chi connectivity index (χ0) is 21.0. The molecule has 0 unspecified atom stereocenters. The predicted octanol–water partition coefficient (Wildman–Crippen LogP) is 4.64. The Morgan fingerprint density at radius 3 is 2.41 bits per heavy atom. The first-order chi connectivity index (χ1) is 13.9. The smallest absolute Gasteiger partial charge is 0.270 e. The van der Waals surface area contributed by atoms with Crippen LogP contribution in [0.15, 0.2) is 48.5 Å². The monoisotopic (exact) mass is 396 g/mol. The van der Waals surface area contributed by atoms with Crippen LogP contribution in [0.1, 0.15) is 33.3 Å². The maximum atomic E-state index is 11.2. The van der Waals surface area contributed by atoms with Gasteiger partial charge in [0.1, 0.15) is 6.61 Å². The van der Waals surface area contributed by atoms with Gasteiger partial charge in [-0.1, -0.05) is 30.3 Å². The van der Waals surface area contributed by atoms with Gasteiger partial charge in [0.2, 0.25) is 5.88 Å². The third-order valence-electron chi connectivity index (χ3n) is 5.03. The van der Waals surface area contributed by atoms with Gasteiger partial charge in [0.25, 0.3) is 5.69 Å². The maximum absolute atomic E-state index is 11.2. The molecule has 0 atom stereocenters. The first-order valence-electron chi connectivity index (χ1n) is 9.94. The van der Waals surface area contributed by atoms with Gasteiger partial charge in [0.05, 0.1) is 22.4 Å². The van der Waals surface area contributed by atoms with Crippen LogP contribution in [-0.4, -0.2) is 38.2 Å². The lowest BCUT2D eigenvalue weighted by Crippen LogP contribution is -2.39. The number of hydrogen-bond donors (Lipinski definition) is 0. The highest BCUT2D eigenvalue weighted by molar-refractivity contribution is 5.86. The Balaban J connectivity index is 1.90. The van der Waals surface area contributed by atoms with Crippen LogP contribution >= 0.6 is 0 Å². The molecule has 0 amide bonds. The number of nitrogens with zero attached hydrogens (tertiary/aromatic N) is 4. The fourth-order valence-corrected chi connectivity index (χ4v) is 3.58. The van der Waals surface area contributed by atoms with Crippen LogP contribution in [0.25, 0.3) is 10.9 Å². The van der Waals surface area contributed by atoms with E-state index >= 15 is 0 Å². The standard InChI is InChI=1S/C22H28N4O3/c1-16(2)24(17(3)4)12-13-25-21-11-10-19(26(27)28)14-20(21)22(23-25)29-15-18-8-6-5-7-9-18/h5-11,14,16-17H,12-13,15H2,1-4H3. The Hall–Kier alpha value is -2.93. The summed E-state index contributed by atoms with van der Waals surface area (Å²) in [6, 6.07) is 15.5. The summed E-state index contributed by atoms with van der Waals surface area (Å²) in [5.41, 5.74) is 1.89. The molecule has 0 aliphatic heterocycles. The van der Waals surface area contributed by atoms with Gasteiger partial charge in [-0.3, -0.25) is 19.7 Å². The summed E-state index contributed by atoms with van der Waals surface area (Å²) in [6.07, 6.45) is 0. The molecule has 0 spiro atoms. The Bertz CT molecular complexity index is 959. The SMILES string of the molecule is CC(C)N(CCn1nc(OCc2ccccc2)c2cc([N+](=O)[O-])ccc21)C(C)C. The van der Waals surface area contributed by atoms with E-state index in [-0.39, 0.29) is 5.69 Å². The molecule has 0 aliphatic carbocycles. The highest BCUT2D eigenvalue weighted by Crippen LogP contribution is 2.29. The molecule has 0 fully saturated rings. The van der Waals surface area contributed by atoms with Crippen molar-refractivity contribution < 1.29 is 9.66 Å². The number of benzene rings is 2. The average molecular weight is 396 g/mol. The van der Waals surface area contributed by atoms with E-state index in [1.807, 2.05) is 35.0 Å². The quantitative estimate of drug-likeness (QED) is 0.389. The third-order valence-corrected chi connectivity index (χ3v) is 5.03. The summed E-state index contributed by atoms with van der Waals surface area (Å²) in [6.45, 7) is 10.6. The number of nitro benzene ring substituents is 1. The van der Waals surface area contributed by atoms with Gasteiger partial charge in [-0.2, -0.15) is 0 Å². The van der Waals surface area contributed by atoms with Gasteiger partial charge in [-0.05, 0) is 39.3 Å². The van der Waals surface area contributed by atoms with Gasteiger partial charge in [0, 0.05) is 30.8 Å². The molecule has 0 aliphatic rings. The Kier molecular flexibility index (Phi) is 6.49. The van der Waals surface area contributed by atoms with E-state index in [0.717, 1.165) is 17.6 Å². The predicted molar refractivity (Wildman–Crippen MR) is 114 cm³/mol.